The van der Waals surface area contributed by atoms with Crippen LogP contribution in [0.25, 0.3) is 0 Å². The summed E-state index contributed by atoms with van der Waals surface area (Å²) in [5.74, 6) is -1.20. The maximum Gasteiger partial charge on any atom is 0.0793 e. The van der Waals surface area contributed by atoms with Crippen LogP contribution < -0.4 is 5.11 Å². The number of carboxylic acids is 1. The smallest absolute Gasteiger partial charge is 0.0793 e. The molecular weight excluding hydrogens is 228 g/mol. The molecule has 1 aliphatic carbocycles. The van der Waals surface area contributed by atoms with E-state index in [1.165, 1.54) is 0 Å². The molecule has 1 aromatic rings. The Morgan fingerprint density at radius 2 is 1.78 bits per heavy atom. The van der Waals surface area contributed by atoms with Crippen molar-refractivity contribution in [1.29, 1.82) is 0 Å². The van der Waals surface area contributed by atoms with Gasteiger partial charge in [-0.1, -0.05) is 49.6 Å². The molecule has 3 nitrogen and oxygen atoms in total. The fourth-order valence-electron chi connectivity index (χ4n) is 2.98. The molecule has 1 unspecified atom stereocenters. The highest BCUT2D eigenvalue weighted by atomic mass is 16.4. The average molecular weight is 247 g/mol. The predicted octanol–water partition coefficient (Wildman–Crippen LogP) is 1.39. The van der Waals surface area contributed by atoms with E-state index < -0.39 is 17.0 Å². The van der Waals surface area contributed by atoms with E-state index in [1.54, 1.807) is 31.2 Å². The van der Waals surface area contributed by atoms with Gasteiger partial charge in [-0.2, -0.15) is 0 Å². The van der Waals surface area contributed by atoms with Gasteiger partial charge in [0.05, 0.1) is 17.0 Å². The van der Waals surface area contributed by atoms with Gasteiger partial charge in [0.15, 0.2) is 0 Å². The molecule has 2 rings (SSSR count). The Morgan fingerprint density at radius 3 is 2.28 bits per heavy atom. The second kappa shape index (κ2) is 4.73. The van der Waals surface area contributed by atoms with Gasteiger partial charge in [-0.25, -0.2) is 0 Å². The molecule has 0 aromatic heterocycles. The van der Waals surface area contributed by atoms with Gasteiger partial charge in [-0.15, -0.1) is 0 Å². The Balaban J connectivity index is 2.47. The van der Waals surface area contributed by atoms with Crippen molar-refractivity contribution in [2.45, 2.75) is 50.0 Å². The Kier molecular flexibility index (Phi) is 3.44. The zero-order valence-electron chi connectivity index (χ0n) is 10.7. The third kappa shape index (κ3) is 1.93. The summed E-state index contributed by atoms with van der Waals surface area (Å²) in [6.45, 7) is 1.59. The number of rotatable bonds is 3. The number of aliphatic carboxylic acids is 1. The number of hydrogen-bond donors (Lipinski definition) is 1. The minimum absolute atomic E-state index is 0.520. The lowest BCUT2D eigenvalue weighted by Crippen LogP contribution is -2.60. The summed E-state index contributed by atoms with van der Waals surface area (Å²) in [4.78, 5) is 11.7. The Bertz CT molecular complexity index is 421. The van der Waals surface area contributed by atoms with Gasteiger partial charge in [-0.05, 0) is 25.3 Å². The van der Waals surface area contributed by atoms with Gasteiger partial charge >= 0.3 is 0 Å². The number of carbonyl (C=O) groups is 1. The fourth-order valence-corrected chi connectivity index (χ4v) is 2.98. The molecule has 0 radical (unpaired) electrons. The zero-order valence-corrected chi connectivity index (χ0v) is 10.7. The van der Waals surface area contributed by atoms with Crippen molar-refractivity contribution in [3.63, 3.8) is 0 Å². The van der Waals surface area contributed by atoms with E-state index in [0.29, 0.717) is 18.4 Å². The van der Waals surface area contributed by atoms with E-state index in [9.17, 15) is 15.0 Å². The van der Waals surface area contributed by atoms with Gasteiger partial charge in [0.1, 0.15) is 0 Å². The largest absolute Gasteiger partial charge is 0.549 e. The molecule has 98 valence electrons. The third-order valence-electron chi connectivity index (χ3n) is 4.37. The minimum atomic E-state index is -1.34. The summed E-state index contributed by atoms with van der Waals surface area (Å²) in [7, 11) is 0. The topological polar surface area (TPSA) is 60.4 Å². The van der Waals surface area contributed by atoms with Crippen LogP contribution in [-0.2, 0) is 10.2 Å². The van der Waals surface area contributed by atoms with Gasteiger partial charge < -0.3 is 15.0 Å². The first-order valence-electron chi connectivity index (χ1n) is 6.50. The van der Waals surface area contributed by atoms with E-state index in [2.05, 4.69) is 0 Å². The summed E-state index contributed by atoms with van der Waals surface area (Å²) >= 11 is 0. The zero-order chi connectivity index (χ0) is 13.2. The standard InChI is InChI=1S/C15H20O3/c1-14(13(16)17,12-8-4-2-5-9-12)15(18)10-6-3-7-11-15/h2,4-5,8-9,18H,3,6-7,10-11H2,1H3,(H,16,17)/p-1. The van der Waals surface area contributed by atoms with Crippen molar-refractivity contribution in [1.82, 2.24) is 0 Å². The average Bonchev–Trinajstić information content (AvgIpc) is 2.39. The fraction of sp³-hybridized carbons (Fsp3) is 0.533. The number of hydrogen-bond acceptors (Lipinski definition) is 3. The molecule has 1 aliphatic rings. The lowest BCUT2D eigenvalue weighted by atomic mass is 9.63. The van der Waals surface area contributed by atoms with Crippen molar-refractivity contribution in [2.24, 2.45) is 0 Å². The van der Waals surface area contributed by atoms with E-state index in [-0.39, 0.29) is 0 Å². The molecule has 0 saturated heterocycles. The minimum Gasteiger partial charge on any atom is -0.549 e. The molecule has 0 bridgehead atoms. The maximum absolute atomic E-state index is 11.7. The van der Waals surface area contributed by atoms with E-state index in [4.69, 9.17) is 0 Å². The SMILES string of the molecule is CC(C(=O)[O-])(c1ccccc1)C1(O)CCCCC1. The van der Waals surface area contributed by atoms with Crippen LogP contribution in [-0.4, -0.2) is 16.7 Å². The monoisotopic (exact) mass is 247 g/mol. The third-order valence-corrected chi connectivity index (χ3v) is 4.37. The van der Waals surface area contributed by atoms with Crippen molar-refractivity contribution >= 4 is 5.97 Å². The van der Waals surface area contributed by atoms with E-state index in [1.807, 2.05) is 6.07 Å². The van der Waals surface area contributed by atoms with E-state index >= 15 is 0 Å². The van der Waals surface area contributed by atoms with E-state index in [0.717, 1.165) is 19.3 Å². The number of carbonyl (C=O) groups excluding carboxylic acids is 1. The van der Waals surface area contributed by atoms with Crippen LogP contribution in [0, 0.1) is 0 Å². The normalized spacial score (nSPS) is 22.1. The first kappa shape index (κ1) is 13.1. The molecular formula is C15H19O3-. The highest BCUT2D eigenvalue weighted by Crippen LogP contribution is 2.44. The second-order valence-corrected chi connectivity index (χ2v) is 5.37. The van der Waals surface area contributed by atoms with Crippen LogP contribution >= 0.6 is 0 Å². The summed E-state index contributed by atoms with van der Waals surface area (Å²) in [5, 5.41) is 22.4. The van der Waals surface area contributed by atoms with Crippen LogP contribution in [0.4, 0.5) is 0 Å². The van der Waals surface area contributed by atoms with Crippen LogP contribution in [0.5, 0.6) is 0 Å². The van der Waals surface area contributed by atoms with Crippen LogP contribution in [0.2, 0.25) is 0 Å². The number of carboxylic acid groups (broad SMARTS) is 1. The molecule has 0 aliphatic heterocycles. The molecule has 0 spiro atoms. The lowest BCUT2D eigenvalue weighted by Gasteiger charge is -2.48. The molecule has 1 atom stereocenters. The molecule has 18 heavy (non-hydrogen) atoms. The Labute approximate surface area is 107 Å². The molecule has 1 N–H and O–H groups in total. The predicted molar refractivity (Wildman–Crippen MR) is 66.8 cm³/mol. The van der Waals surface area contributed by atoms with Crippen LogP contribution in [0.1, 0.15) is 44.6 Å². The molecule has 0 heterocycles. The first-order valence-corrected chi connectivity index (χ1v) is 6.50. The van der Waals surface area contributed by atoms with Gasteiger partial charge in [0.2, 0.25) is 0 Å². The van der Waals surface area contributed by atoms with Gasteiger partial charge in [0.25, 0.3) is 0 Å². The molecule has 0 amide bonds. The highest BCUT2D eigenvalue weighted by Gasteiger charge is 2.49. The molecule has 1 aromatic carbocycles. The first-order chi connectivity index (χ1) is 8.51. The molecule has 1 saturated carbocycles. The van der Waals surface area contributed by atoms with Gasteiger partial charge in [0, 0.05) is 0 Å². The van der Waals surface area contributed by atoms with Crippen molar-refractivity contribution in [3.05, 3.63) is 35.9 Å². The summed E-state index contributed by atoms with van der Waals surface area (Å²) in [5.41, 5.74) is -1.92. The van der Waals surface area contributed by atoms with Crippen molar-refractivity contribution in [2.75, 3.05) is 0 Å². The Hall–Kier alpha value is -1.35. The molecule has 3 heteroatoms. The quantitative estimate of drug-likeness (QED) is 0.878. The van der Waals surface area contributed by atoms with Crippen LogP contribution in [0.3, 0.4) is 0 Å². The van der Waals surface area contributed by atoms with Gasteiger partial charge in [-0.3, -0.25) is 0 Å². The summed E-state index contributed by atoms with van der Waals surface area (Å²) < 4.78 is 0. The number of aliphatic hydroxyl groups is 1. The molecule has 1 fully saturated rings. The Morgan fingerprint density at radius 1 is 1.22 bits per heavy atom. The summed E-state index contributed by atoms with van der Waals surface area (Å²) in [6.07, 6.45) is 3.83. The van der Waals surface area contributed by atoms with Crippen molar-refractivity contribution in [3.8, 4) is 0 Å². The maximum atomic E-state index is 11.7. The second-order valence-electron chi connectivity index (χ2n) is 5.37. The number of benzene rings is 1. The van der Waals surface area contributed by atoms with Crippen LogP contribution in [0.15, 0.2) is 30.3 Å². The highest BCUT2D eigenvalue weighted by molar-refractivity contribution is 5.81. The van der Waals surface area contributed by atoms with Crippen molar-refractivity contribution < 1.29 is 15.0 Å². The lowest BCUT2D eigenvalue weighted by molar-refractivity contribution is -0.320. The summed E-state index contributed by atoms with van der Waals surface area (Å²) in [6, 6.07) is 8.93.